The SMILES string of the molecule is Cc1cc(Nc2cc([N+](=O)[O-])ccc2C)nc(SCc2ccc(Cl)cc2)n1. The van der Waals surface area contributed by atoms with Gasteiger partial charge in [-0.15, -0.1) is 0 Å². The fraction of sp³-hybridized carbons (Fsp3) is 0.158. The molecule has 2 aromatic carbocycles. The van der Waals surface area contributed by atoms with E-state index in [1.807, 2.05) is 44.2 Å². The van der Waals surface area contributed by atoms with Crippen LogP contribution in [0.5, 0.6) is 0 Å². The molecule has 27 heavy (non-hydrogen) atoms. The summed E-state index contributed by atoms with van der Waals surface area (Å²) in [4.78, 5) is 19.6. The number of non-ortho nitro benzene ring substituents is 1. The molecule has 0 saturated carbocycles. The molecule has 1 aromatic heterocycles. The van der Waals surface area contributed by atoms with E-state index in [0.717, 1.165) is 22.6 Å². The lowest BCUT2D eigenvalue weighted by Gasteiger charge is -2.10. The maximum Gasteiger partial charge on any atom is 0.271 e. The molecule has 0 aliphatic carbocycles. The fourth-order valence-electron chi connectivity index (χ4n) is 2.39. The van der Waals surface area contributed by atoms with Crippen molar-refractivity contribution in [1.82, 2.24) is 9.97 Å². The zero-order valence-corrected chi connectivity index (χ0v) is 16.3. The minimum Gasteiger partial charge on any atom is -0.340 e. The number of nitro groups is 1. The van der Waals surface area contributed by atoms with Gasteiger partial charge in [-0.2, -0.15) is 0 Å². The number of thioether (sulfide) groups is 1. The molecule has 1 N–H and O–H groups in total. The number of nitrogens with zero attached hydrogens (tertiary/aromatic N) is 3. The zero-order chi connectivity index (χ0) is 19.4. The number of hydrogen-bond donors (Lipinski definition) is 1. The lowest BCUT2D eigenvalue weighted by Crippen LogP contribution is -2.00. The van der Waals surface area contributed by atoms with Gasteiger partial charge in [-0.25, -0.2) is 9.97 Å². The van der Waals surface area contributed by atoms with Crippen molar-refractivity contribution in [3.05, 3.63) is 80.5 Å². The molecule has 0 atom stereocenters. The Bertz CT molecular complexity index is 980. The normalized spacial score (nSPS) is 10.6. The van der Waals surface area contributed by atoms with Gasteiger partial charge in [0.2, 0.25) is 0 Å². The van der Waals surface area contributed by atoms with Gasteiger partial charge in [0.05, 0.1) is 4.92 Å². The van der Waals surface area contributed by atoms with Crippen molar-refractivity contribution in [2.75, 3.05) is 5.32 Å². The molecule has 3 aromatic rings. The van der Waals surface area contributed by atoms with Crippen LogP contribution in [0.3, 0.4) is 0 Å². The summed E-state index contributed by atoms with van der Waals surface area (Å²) < 4.78 is 0. The minimum absolute atomic E-state index is 0.0335. The van der Waals surface area contributed by atoms with Crippen molar-refractivity contribution in [2.24, 2.45) is 0 Å². The van der Waals surface area contributed by atoms with Crippen molar-refractivity contribution >= 4 is 40.6 Å². The van der Waals surface area contributed by atoms with E-state index < -0.39 is 4.92 Å². The third-order valence-corrected chi connectivity index (χ3v) is 4.98. The van der Waals surface area contributed by atoms with Gasteiger partial charge in [0.25, 0.3) is 5.69 Å². The van der Waals surface area contributed by atoms with Crippen LogP contribution in [-0.2, 0) is 5.75 Å². The van der Waals surface area contributed by atoms with Gasteiger partial charge in [0.15, 0.2) is 5.16 Å². The van der Waals surface area contributed by atoms with Gasteiger partial charge < -0.3 is 5.32 Å². The molecule has 8 heteroatoms. The Labute approximate surface area is 166 Å². The zero-order valence-electron chi connectivity index (χ0n) is 14.8. The predicted molar refractivity (Wildman–Crippen MR) is 109 cm³/mol. The molecule has 3 rings (SSSR count). The Balaban J connectivity index is 1.78. The first-order valence-electron chi connectivity index (χ1n) is 8.16. The quantitative estimate of drug-likeness (QED) is 0.248. The maximum absolute atomic E-state index is 11.0. The second-order valence-electron chi connectivity index (χ2n) is 5.97. The smallest absolute Gasteiger partial charge is 0.271 e. The van der Waals surface area contributed by atoms with Gasteiger partial charge in [0, 0.05) is 40.4 Å². The Morgan fingerprint density at radius 2 is 1.85 bits per heavy atom. The van der Waals surface area contributed by atoms with E-state index in [1.165, 1.54) is 23.9 Å². The van der Waals surface area contributed by atoms with Crippen molar-refractivity contribution in [3.63, 3.8) is 0 Å². The van der Waals surface area contributed by atoms with Gasteiger partial charge in [-0.05, 0) is 37.1 Å². The van der Waals surface area contributed by atoms with Gasteiger partial charge >= 0.3 is 0 Å². The highest BCUT2D eigenvalue weighted by molar-refractivity contribution is 7.98. The van der Waals surface area contributed by atoms with E-state index in [2.05, 4.69) is 15.3 Å². The molecule has 0 unspecified atom stereocenters. The number of anilines is 2. The molecule has 138 valence electrons. The Hall–Kier alpha value is -2.64. The Morgan fingerprint density at radius 3 is 2.56 bits per heavy atom. The van der Waals surface area contributed by atoms with E-state index in [1.54, 1.807) is 6.07 Å². The predicted octanol–water partition coefficient (Wildman–Crippen LogP) is 5.69. The molecule has 0 saturated heterocycles. The van der Waals surface area contributed by atoms with E-state index in [0.29, 0.717) is 21.7 Å². The Morgan fingerprint density at radius 1 is 1.11 bits per heavy atom. The number of nitro benzene ring substituents is 1. The second kappa shape index (κ2) is 8.37. The minimum atomic E-state index is -0.413. The summed E-state index contributed by atoms with van der Waals surface area (Å²) in [6.45, 7) is 3.77. The van der Waals surface area contributed by atoms with Crippen LogP contribution < -0.4 is 5.32 Å². The number of aromatic nitrogens is 2. The molecule has 0 amide bonds. The number of benzene rings is 2. The van der Waals surface area contributed by atoms with Crippen LogP contribution in [0.4, 0.5) is 17.2 Å². The van der Waals surface area contributed by atoms with Crippen LogP contribution in [0.15, 0.2) is 53.7 Å². The average molecular weight is 401 g/mol. The maximum atomic E-state index is 11.0. The van der Waals surface area contributed by atoms with Crippen molar-refractivity contribution in [1.29, 1.82) is 0 Å². The largest absolute Gasteiger partial charge is 0.340 e. The van der Waals surface area contributed by atoms with Crippen LogP contribution >= 0.6 is 23.4 Å². The highest BCUT2D eigenvalue weighted by Gasteiger charge is 2.10. The summed E-state index contributed by atoms with van der Waals surface area (Å²) >= 11 is 7.43. The molecule has 0 radical (unpaired) electrons. The molecular formula is C19H17ClN4O2S. The fourth-order valence-corrected chi connectivity index (χ4v) is 3.38. The third-order valence-electron chi connectivity index (χ3n) is 3.81. The van der Waals surface area contributed by atoms with Crippen LogP contribution in [0.2, 0.25) is 5.02 Å². The first-order chi connectivity index (χ1) is 12.9. The number of hydrogen-bond acceptors (Lipinski definition) is 6. The number of rotatable bonds is 6. The molecule has 1 heterocycles. The molecule has 0 bridgehead atoms. The molecule has 0 aliphatic heterocycles. The summed E-state index contributed by atoms with van der Waals surface area (Å²) in [5, 5.41) is 15.5. The molecule has 0 spiro atoms. The van der Waals surface area contributed by atoms with Crippen molar-refractivity contribution in [2.45, 2.75) is 24.8 Å². The first kappa shape index (κ1) is 19.1. The van der Waals surface area contributed by atoms with Gasteiger partial charge in [0.1, 0.15) is 5.82 Å². The van der Waals surface area contributed by atoms with Crippen LogP contribution in [0.1, 0.15) is 16.8 Å². The van der Waals surface area contributed by atoms with Crippen LogP contribution in [0.25, 0.3) is 0 Å². The topological polar surface area (TPSA) is 81.0 Å². The first-order valence-corrected chi connectivity index (χ1v) is 9.52. The number of aryl methyl sites for hydroxylation is 2. The highest BCUT2D eigenvalue weighted by atomic mass is 35.5. The lowest BCUT2D eigenvalue weighted by molar-refractivity contribution is -0.384. The van der Waals surface area contributed by atoms with Crippen molar-refractivity contribution in [3.8, 4) is 0 Å². The standard InChI is InChI=1S/C19H17ClN4O2S/c1-12-3-8-16(24(25)26)10-17(12)22-18-9-13(2)21-19(23-18)27-11-14-4-6-15(20)7-5-14/h3-10H,11H2,1-2H3,(H,21,22,23). The molecule has 0 fully saturated rings. The lowest BCUT2D eigenvalue weighted by atomic mass is 10.2. The monoisotopic (exact) mass is 400 g/mol. The van der Waals surface area contributed by atoms with Gasteiger partial charge in [-0.3, -0.25) is 10.1 Å². The van der Waals surface area contributed by atoms with Crippen LogP contribution in [-0.4, -0.2) is 14.9 Å². The second-order valence-corrected chi connectivity index (χ2v) is 7.35. The van der Waals surface area contributed by atoms with Crippen LogP contribution in [0, 0.1) is 24.0 Å². The summed E-state index contributed by atoms with van der Waals surface area (Å²) in [5.74, 6) is 1.32. The summed E-state index contributed by atoms with van der Waals surface area (Å²) in [7, 11) is 0. The molecule has 6 nitrogen and oxygen atoms in total. The van der Waals surface area contributed by atoms with Crippen molar-refractivity contribution < 1.29 is 4.92 Å². The average Bonchev–Trinajstić information content (AvgIpc) is 2.62. The highest BCUT2D eigenvalue weighted by Crippen LogP contribution is 2.27. The molecular weight excluding hydrogens is 384 g/mol. The van der Waals surface area contributed by atoms with E-state index in [9.17, 15) is 10.1 Å². The third kappa shape index (κ3) is 5.18. The number of nitrogens with one attached hydrogen (secondary N) is 1. The van der Waals surface area contributed by atoms with E-state index in [4.69, 9.17) is 11.6 Å². The Kier molecular flexibility index (Phi) is 5.93. The summed E-state index contributed by atoms with van der Waals surface area (Å²) in [6.07, 6.45) is 0. The van der Waals surface area contributed by atoms with E-state index in [-0.39, 0.29) is 5.69 Å². The summed E-state index contributed by atoms with van der Waals surface area (Å²) in [5.41, 5.74) is 3.52. The summed E-state index contributed by atoms with van der Waals surface area (Å²) in [6, 6.07) is 14.2. The molecule has 0 aliphatic rings. The van der Waals surface area contributed by atoms with E-state index >= 15 is 0 Å². The van der Waals surface area contributed by atoms with Gasteiger partial charge in [-0.1, -0.05) is 41.6 Å². The number of halogens is 1.